The molecule has 3 N–H and O–H groups in total. The second kappa shape index (κ2) is 7.82. The zero-order valence-corrected chi connectivity index (χ0v) is 14.6. The molecule has 0 aliphatic carbocycles. The monoisotopic (exact) mass is 378 g/mol. The minimum Gasteiger partial charge on any atom is -0.507 e. The van der Waals surface area contributed by atoms with Gasteiger partial charge in [-0.1, -0.05) is 0 Å². The van der Waals surface area contributed by atoms with Crippen LogP contribution in [0.4, 0.5) is 5.69 Å². The standard InChI is InChI=1S/C16H19BrN4O2/c1-3-21(4-2)13-6-5-11(15(22)8-13)9-19-20-16(23)14-7-12(17)10-18-14/h5-10,18,22H,3-4H2,1-2H3,(H,20,23)/b19-9+. The fourth-order valence-electron chi connectivity index (χ4n) is 2.15. The van der Waals surface area contributed by atoms with Crippen LogP contribution in [0.5, 0.6) is 5.75 Å². The third kappa shape index (κ3) is 4.35. The van der Waals surface area contributed by atoms with Crippen LogP contribution in [0, 0.1) is 0 Å². The Balaban J connectivity index is 2.03. The number of H-pyrrole nitrogens is 1. The van der Waals surface area contributed by atoms with Crippen molar-refractivity contribution in [3.8, 4) is 5.75 Å². The van der Waals surface area contributed by atoms with Gasteiger partial charge < -0.3 is 15.0 Å². The Hall–Kier alpha value is -2.28. The topological polar surface area (TPSA) is 80.7 Å². The third-order valence-corrected chi connectivity index (χ3v) is 3.86. The molecule has 1 heterocycles. The minimum atomic E-state index is -0.355. The maximum Gasteiger partial charge on any atom is 0.287 e. The molecule has 0 radical (unpaired) electrons. The zero-order valence-electron chi connectivity index (χ0n) is 13.0. The number of amides is 1. The van der Waals surface area contributed by atoms with Gasteiger partial charge in [-0.15, -0.1) is 0 Å². The molecule has 2 aromatic rings. The molecule has 1 aromatic carbocycles. The first kappa shape index (κ1) is 17.1. The molecular weight excluding hydrogens is 360 g/mol. The highest BCUT2D eigenvalue weighted by atomic mass is 79.9. The van der Waals surface area contributed by atoms with Gasteiger partial charge in [0.15, 0.2) is 0 Å². The van der Waals surface area contributed by atoms with E-state index in [1.807, 2.05) is 6.07 Å². The van der Waals surface area contributed by atoms with Crippen LogP contribution >= 0.6 is 15.9 Å². The molecule has 2 rings (SSSR count). The number of rotatable bonds is 6. The number of aromatic hydroxyl groups is 1. The summed E-state index contributed by atoms with van der Waals surface area (Å²) >= 11 is 3.26. The molecule has 0 saturated heterocycles. The molecule has 1 aromatic heterocycles. The van der Waals surface area contributed by atoms with Crippen LogP contribution < -0.4 is 10.3 Å². The lowest BCUT2D eigenvalue weighted by molar-refractivity contribution is 0.0950. The number of hydrogen-bond donors (Lipinski definition) is 3. The van der Waals surface area contributed by atoms with Crippen molar-refractivity contribution in [2.24, 2.45) is 5.10 Å². The minimum absolute atomic E-state index is 0.120. The lowest BCUT2D eigenvalue weighted by Crippen LogP contribution is -2.21. The van der Waals surface area contributed by atoms with Crippen molar-refractivity contribution in [1.29, 1.82) is 0 Å². The average Bonchev–Trinajstić information content (AvgIpc) is 2.97. The van der Waals surface area contributed by atoms with E-state index >= 15 is 0 Å². The lowest BCUT2D eigenvalue weighted by atomic mass is 10.2. The van der Waals surface area contributed by atoms with Gasteiger partial charge in [0.05, 0.1) is 6.21 Å². The molecule has 122 valence electrons. The van der Waals surface area contributed by atoms with Crippen LogP contribution in [0.15, 0.2) is 40.0 Å². The van der Waals surface area contributed by atoms with Gasteiger partial charge in [0.2, 0.25) is 0 Å². The molecule has 6 nitrogen and oxygen atoms in total. The summed E-state index contributed by atoms with van der Waals surface area (Å²) in [5.74, 6) is -0.235. The van der Waals surface area contributed by atoms with Gasteiger partial charge in [0.1, 0.15) is 11.4 Å². The molecule has 0 saturated carbocycles. The molecule has 0 atom stereocenters. The molecule has 23 heavy (non-hydrogen) atoms. The van der Waals surface area contributed by atoms with E-state index in [0.29, 0.717) is 11.3 Å². The van der Waals surface area contributed by atoms with Crippen LogP contribution in [0.2, 0.25) is 0 Å². The van der Waals surface area contributed by atoms with Gasteiger partial charge in [-0.3, -0.25) is 4.79 Å². The molecule has 7 heteroatoms. The van der Waals surface area contributed by atoms with Crippen molar-refractivity contribution in [3.05, 3.63) is 46.2 Å². The number of aromatic amines is 1. The van der Waals surface area contributed by atoms with Crippen molar-refractivity contribution in [1.82, 2.24) is 10.4 Å². The summed E-state index contributed by atoms with van der Waals surface area (Å²) in [6.45, 7) is 5.85. The second-order valence-electron chi connectivity index (χ2n) is 4.85. The highest BCUT2D eigenvalue weighted by Gasteiger charge is 2.07. The largest absolute Gasteiger partial charge is 0.507 e. The van der Waals surface area contributed by atoms with Gasteiger partial charge in [-0.2, -0.15) is 5.10 Å². The first-order valence-electron chi connectivity index (χ1n) is 7.30. The summed E-state index contributed by atoms with van der Waals surface area (Å²) in [6.07, 6.45) is 3.08. The number of nitrogens with zero attached hydrogens (tertiary/aromatic N) is 2. The van der Waals surface area contributed by atoms with Crippen LogP contribution in [0.25, 0.3) is 0 Å². The van der Waals surface area contributed by atoms with Crippen molar-refractivity contribution in [2.75, 3.05) is 18.0 Å². The third-order valence-electron chi connectivity index (χ3n) is 3.40. The Labute approximate surface area is 143 Å². The Kier molecular flexibility index (Phi) is 5.81. The van der Waals surface area contributed by atoms with Gasteiger partial charge in [0.25, 0.3) is 5.91 Å². The van der Waals surface area contributed by atoms with Crippen LogP contribution in [0.1, 0.15) is 29.9 Å². The number of hydrazone groups is 1. The summed E-state index contributed by atoms with van der Waals surface area (Å²) in [5, 5.41) is 13.9. The molecule has 1 amide bonds. The van der Waals surface area contributed by atoms with Crippen molar-refractivity contribution < 1.29 is 9.90 Å². The smallest absolute Gasteiger partial charge is 0.287 e. The lowest BCUT2D eigenvalue weighted by Gasteiger charge is -2.21. The Morgan fingerprint density at radius 3 is 2.70 bits per heavy atom. The van der Waals surface area contributed by atoms with Gasteiger partial charge in [0, 0.05) is 41.1 Å². The van der Waals surface area contributed by atoms with Crippen LogP contribution in [-0.4, -0.2) is 35.3 Å². The van der Waals surface area contributed by atoms with Crippen LogP contribution in [-0.2, 0) is 0 Å². The normalized spacial score (nSPS) is 10.9. The fraction of sp³-hybridized carbons (Fsp3) is 0.250. The first-order chi connectivity index (χ1) is 11.0. The molecule has 0 spiro atoms. The number of hydrogen-bond acceptors (Lipinski definition) is 4. The van der Waals surface area contributed by atoms with E-state index < -0.39 is 0 Å². The molecule has 0 aliphatic heterocycles. The number of halogens is 1. The average molecular weight is 379 g/mol. The van der Waals surface area contributed by atoms with E-state index in [2.05, 4.69) is 50.2 Å². The fourth-order valence-corrected chi connectivity index (χ4v) is 2.49. The number of anilines is 1. The summed E-state index contributed by atoms with van der Waals surface area (Å²) in [5.41, 5.74) is 4.29. The molecule has 0 aliphatic rings. The Bertz CT molecular complexity index is 708. The number of carbonyl (C=O) groups excluding carboxylic acids is 1. The maximum atomic E-state index is 11.8. The molecular formula is C16H19BrN4O2. The number of nitrogens with one attached hydrogen (secondary N) is 2. The van der Waals surface area contributed by atoms with Gasteiger partial charge in [-0.05, 0) is 48.0 Å². The van der Waals surface area contributed by atoms with E-state index in [-0.39, 0.29) is 11.7 Å². The number of benzene rings is 1. The number of phenols is 1. The first-order valence-corrected chi connectivity index (χ1v) is 8.09. The highest BCUT2D eigenvalue weighted by molar-refractivity contribution is 9.10. The Morgan fingerprint density at radius 2 is 2.13 bits per heavy atom. The zero-order chi connectivity index (χ0) is 16.8. The van der Waals surface area contributed by atoms with E-state index in [1.165, 1.54) is 6.21 Å². The van der Waals surface area contributed by atoms with Gasteiger partial charge >= 0.3 is 0 Å². The number of carbonyl (C=O) groups is 1. The van der Waals surface area contributed by atoms with E-state index in [9.17, 15) is 9.90 Å². The van der Waals surface area contributed by atoms with Crippen molar-refractivity contribution in [2.45, 2.75) is 13.8 Å². The van der Waals surface area contributed by atoms with E-state index in [1.54, 1.807) is 24.4 Å². The molecule has 0 bridgehead atoms. The van der Waals surface area contributed by atoms with Crippen molar-refractivity contribution >= 4 is 33.7 Å². The van der Waals surface area contributed by atoms with E-state index in [4.69, 9.17) is 0 Å². The SMILES string of the molecule is CCN(CC)c1ccc(/C=N/NC(=O)c2cc(Br)c[nH]2)c(O)c1. The second-order valence-corrected chi connectivity index (χ2v) is 5.76. The summed E-state index contributed by atoms with van der Waals surface area (Å²) in [7, 11) is 0. The Morgan fingerprint density at radius 1 is 1.39 bits per heavy atom. The summed E-state index contributed by atoms with van der Waals surface area (Å²) in [6, 6.07) is 7.03. The van der Waals surface area contributed by atoms with E-state index in [0.717, 1.165) is 23.2 Å². The number of phenolic OH excluding ortho intramolecular Hbond substituents is 1. The molecule has 0 fully saturated rings. The predicted octanol–water partition coefficient (Wildman–Crippen LogP) is 3.09. The van der Waals surface area contributed by atoms with Crippen LogP contribution in [0.3, 0.4) is 0 Å². The molecule has 0 unspecified atom stereocenters. The number of aromatic nitrogens is 1. The highest BCUT2D eigenvalue weighted by Crippen LogP contribution is 2.23. The van der Waals surface area contributed by atoms with Crippen molar-refractivity contribution in [3.63, 3.8) is 0 Å². The summed E-state index contributed by atoms with van der Waals surface area (Å²) in [4.78, 5) is 16.7. The maximum absolute atomic E-state index is 11.8. The quantitative estimate of drug-likeness (QED) is 0.533. The predicted molar refractivity (Wildman–Crippen MR) is 95.2 cm³/mol. The summed E-state index contributed by atoms with van der Waals surface area (Å²) < 4.78 is 0.788. The van der Waals surface area contributed by atoms with Gasteiger partial charge in [-0.25, -0.2) is 5.43 Å².